The molecule has 0 unspecified atom stereocenters. The Labute approximate surface area is 131 Å². The Bertz CT molecular complexity index is 522. The summed E-state index contributed by atoms with van der Waals surface area (Å²) in [4.78, 5) is 12.0. The number of benzene rings is 1. The highest BCUT2D eigenvalue weighted by atomic mass is 16.6. The summed E-state index contributed by atoms with van der Waals surface area (Å²) in [6.07, 6.45) is 0.0662. The Balaban J connectivity index is 3.11. The third-order valence-corrected chi connectivity index (χ3v) is 2.79. The van der Waals surface area contributed by atoms with Gasteiger partial charge < -0.3 is 19.9 Å². The van der Waals surface area contributed by atoms with Crippen molar-refractivity contribution in [3.05, 3.63) is 17.7 Å². The highest BCUT2D eigenvalue weighted by Crippen LogP contribution is 2.34. The molecule has 1 amide bonds. The monoisotopic (exact) mass is 310 g/mol. The molecule has 0 heterocycles. The zero-order valence-electron chi connectivity index (χ0n) is 14.1. The quantitative estimate of drug-likeness (QED) is 0.873. The molecule has 6 nitrogen and oxygen atoms in total. The van der Waals surface area contributed by atoms with Gasteiger partial charge in [0.15, 0.2) is 11.5 Å². The van der Waals surface area contributed by atoms with Crippen LogP contribution in [-0.2, 0) is 11.2 Å². The number of methoxy groups -OCH3 is 2. The lowest BCUT2D eigenvalue weighted by atomic mass is 10.0. The normalized spacial score (nSPS) is 12.5. The molecule has 3 N–H and O–H groups in total. The van der Waals surface area contributed by atoms with Gasteiger partial charge in [0.2, 0.25) is 0 Å². The van der Waals surface area contributed by atoms with E-state index < -0.39 is 11.7 Å². The number of rotatable bonds is 5. The minimum Gasteiger partial charge on any atom is -0.493 e. The van der Waals surface area contributed by atoms with Crippen molar-refractivity contribution < 1.29 is 19.0 Å². The summed E-state index contributed by atoms with van der Waals surface area (Å²) < 4.78 is 15.8. The van der Waals surface area contributed by atoms with E-state index in [0.29, 0.717) is 23.6 Å². The molecule has 6 heteroatoms. The van der Waals surface area contributed by atoms with Crippen molar-refractivity contribution in [1.29, 1.82) is 0 Å². The maximum atomic E-state index is 12.0. The van der Waals surface area contributed by atoms with Crippen LogP contribution in [0.15, 0.2) is 12.1 Å². The second kappa shape index (κ2) is 7.35. The van der Waals surface area contributed by atoms with Crippen LogP contribution < -0.4 is 20.5 Å². The Morgan fingerprint density at radius 2 is 1.77 bits per heavy atom. The van der Waals surface area contributed by atoms with Gasteiger partial charge in [0.1, 0.15) is 5.60 Å². The molecule has 0 aliphatic heterocycles. The number of ether oxygens (including phenoxy) is 3. The average Bonchev–Trinajstić information content (AvgIpc) is 2.37. The van der Waals surface area contributed by atoms with Crippen LogP contribution in [0.1, 0.15) is 33.3 Å². The predicted molar refractivity (Wildman–Crippen MR) is 86.8 cm³/mol. The lowest BCUT2D eigenvalue weighted by molar-refractivity contribution is 0.0635. The van der Waals surface area contributed by atoms with Gasteiger partial charge in [-0.05, 0) is 45.7 Å². The third-order valence-electron chi connectivity index (χ3n) is 2.79. The lowest BCUT2D eigenvalue weighted by Crippen LogP contribution is -2.28. The first-order valence-corrected chi connectivity index (χ1v) is 7.16. The van der Waals surface area contributed by atoms with E-state index >= 15 is 0 Å². The molecule has 0 bridgehead atoms. The topological polar surface area (TPSA) is 82.8 Å². The summed E-state index contributed by atoms with van der Waals surface area (Å²) in [6, 6.07) is 3.47. The molecule has 0 saturated carbocycles. The zero-order valence-corrected chi connectivity index (χ0v) is 14.1. The van der Waals surface area contributed by atoms with Crippen molar-refractivity contribution in [2.45, 2.75) is 45.8 Å². The first-order valence-electron chi connectivity index (χ1n) is 7.16. The molecular weight excluding hydrogens is 284 g/mol. The SMILES string of the molecule is COc1cc(C[C@H](C)N)c(NC(=O)OC(C)(C)C)cc1OC. The molecule has 0 radical (unpaired) electrons. The molecule has 0 aliphatic carbocycles. The molecule has 1 aromatic carbocycles. The highest BCUT2D eigenvalue weighted by Gasteiger charge is 2.19. The van der Waals surface area contributed by atoms with Crippen molar-refractivity contribution in [3.63, 3.8) is 0 Å². The maximum absolute atomic E-state index is 12.0. The molecule has 22 heavy (non-hydrogen) atoms. The van der Waals surface area contributed by atoms with Crippen molar-refractivity contribution in [1.82, 2.24) is 0 Å². The summed E-state index contributed by atoms with van der Waals surface area (Å²) in [7, 11) is 3.11. The second-order valence-electron chi connectivity index (χ2n) is 6.17. The van der Waals surface area contributed by atoms with Crippen LogP contribution in [0.4, 0.5) is 10.5 Å². The van der Waals surface area contributed by atoms with Crippen LogP contribution in [0.5, 0.6) is 11.5 Å². The van der Waals surface area contributed by atoms with Gasteiger partial charge >= 0.3 is 6.09 Å². The molecule has 0 aliphatic rings. The Morgan fingerprint density at radius 1 is 1.23 bits per heavy atom. The van der Waals surface area contributed by atoms with Crippen LogP contribution in [-0.4, -0.2) is 32.0 Å². The average molecular weight is 310 g/mol. The molecule has 1 rings (SSSR count). The van der Waals surface area contributed by atoms with E-state index in [0.717, 1.165) is 5.56 Å². The van der Waals surface area contributed by atoms with E-state index in [2.05, 4.69) is 5.32 Å². The van der Waals surface area contributed by atoms with Gasteiger partial charge in [-0.15, -0.1) is 0 Å². The first-order chi connectivity index (χ1) is 10.2. The molecule has 1 atom stereocenters. The number of hydrogen-bond donors (Lipinski definition) is 2. The van der Waals surface area contributed by atoms with E-state index in [1.165, 1.54) is 0 Å². The highest BCUT2D eigenvalue weighted by molar-refractivity contribution is 5.86. The molecule has 0 fully saturated rings. The fourth-order valence-corrected chi connectivity index (χ4v) is 1.97. The van der Waals surface area contributed by atoms with E-state index in [1.54, 1.807) is 20.3 Å². The Morgan fingerprint density at radius 3 is 2.23 bits per heavy atom. The van der Waals surface area contributed by atoms with E-state index in [1.807, 2.05) is 33.8 Å². The van der Waals surface area contributed by atoms with Crippen LogP contribution in [0.25, 0.3) is 0 Å². The third kappa shape index (κ3) is 5.44. The van der Waals surface area contributed by atoms with Crippen LogP contribution in [0, 0.1) is 0 Å². The number of carbonyl (C=O) groups is 1. The standard InChI is InChI=1S/C16H26N2O4/c1-10(17)7-11-8-13(20-5)14(21-6)9-12(11)18-15(19)22-16(2,3)4/h8-10H,7,17H2,1-6H3,(H,18,19)/t10-/m0/s1. The summed E-state index contributed by atoms with van der Waals surface area (Å²) in [5.74, 6) is 1.12. The Kier molecular flexibility index (Phi) is 6.05. The summed E-state index contributed by atoms with van der Waals surface area (Å²) >= 11 is 0. The minimum atomic E-state index is -0.567. The van der Waals surface area contributed by atoms with Crippen LogP contribution in [0.3, 0.4) is 0 Å². The van der Waals surface area contributed by atoms with E-state index in [4.69, 9.17) is 19.9 Å². The van der Waals surface area contributed by atoms with E-state index in [-0.39, 0.29) is 6.04 Å². The van der Waals surface area contributed by atoms with Gasteiger partial charge in [-0.3, -0.25) is 5.32 Å². The van der Waals surface area contributed by atoms with Gasteiger partial charge in [0.05, 0.1) is 19.9 Å². The van der Waals surface area contributed by atoms with Crippen molar-refractivity contribution in [2.75, 3.05) is 19.5 Å². The van der Waals surface area contributed by atoms with Crippen molar-refractivity contribution in [3.8, 4) is 11.5 Å². The number of hydrogen-bond acceptors (Lipinski definition) is 5. The molecule has 124 valence electrons. The van der Waals surface area contributed by atoms with Gasteiger partial charge in [-0.1, -0.05) is 0 Å². The Hall–Kier alpha value is -1.95. The van der Waals surface area contributed by atoms with Crippen molar-refractivity contribution >= 4 is 11.8 Å². The van der Waals surface area contributed by atoms with E-state index in [9.17, 15) is 4.79 Å². The second-order valence-corrected chi connectivity index (χ2v) is 6.17. The molecule has 0 saturated heterocycles. The number of amides is 1. The van der Waals surface area contributed by atoms with Gasteiger partial charge in [0.25, 0.3) is 0 Å². The summed E-state index contributed by atoms with van der Waals surface area (Å²) in [5, 5.41) is 2.75. The molecular formula is C16H26N2O4. The molecule has 1 aromatic rings. The number of carbonyl (C=O) groups excluding carboxylic acids is 1. The smallest absolute Gasteiger partial charge is 0.412 e. The predicted octanol–water partition coefficient (Wildman–Crippen LogP) is 2.94. The number of nitrogens with two attached hydrogens (primary N) is 1. The fraction of sp³-hybridized carbons (Fsp3) is 0.562. The number of anilines is 1. The van der Waals surface area contributed by atoms with Crippen molar-refractivity contribution in [2.24, 2.45) is 5.73 Å². The first kappa shape index (κ1) is 18.1. The fourth-order valence-electron chi connectivity index (χ4n) is 1.97. The molecule has 0 spiro atoms. The number of nitrogens with one attached hydrogen (secondary N) is 1. The molecule has 0 aromatic heterocycles. The lowest BCUT2D eigenvalue weighted by Gasteiger charge is -2.21. The maximum Gasteiger partial charge on any atom is 0.412 e. The summed E-state index contributed by atoms with van der Waals surface area (Å²) in [5.41, 5.74) is 6.77. The minimum absolute atomic E-state index is 0.0581. The van der Waals surface area contributed by atoms with Gasteiger partial charge in [0, 0.05) is 12.1 Å². The van der Waals surface area contributed by atoms with Crippen LogP contribution in [0.2, 0.25) is 0 Å². The zero-order chi connectivity index (χ0) is 16.9. The van der Waals surface area contributed by atoms with Crippen LogP contribution >= 0.6 is 0 Å². The van der Waals surface area contributed by atoms with Gasteiger partial charge in [-0.25, -0.2) is 4.79 Å². The largest absolute Gasteiger partial charge is 0.493 e. The van der Waals surface area contributed by atoms with Gasteiger partial charge in [-0.2, -0.15) is 0 Å². The summed E-state index contributed by atoms with van der Waals surface area (Å²) in [6.45, 7) is 7.33.